The lowest BCUT2D eigenvalue weighted by Gasteiger charge is -2.08. The van der Waals surface area contributed by atoms with Crippen molar-refractivity contribution >= 4 is 38.9 Å². The van der Waals surface area contributed by atoms with Crippen molar-refractivity contribution in [3.05, 3.63) is 45.8 Å². The van der Waals surface area contributed by atoms with E-state index in [1.807, 2.05) is 0 Å². The van der Waals surface area contributed by atoms with Gasteiger partial charge in [0.05, 0.1) is 12.2 Å². The number of aliphatic hydroxyl groups is 1. The number of hydrogen-bond donors (Lipinski definition) is 2. The number of methoxy groups -OCH3 is 1. The largest absolute Gasteiger partial charge is 0.508 e. The maximum Gasteiger partial charge on any atom is 0.349 e. The molecule has 0 bridgehead atoms. The molecule has 0 amide bonds. The molecule has 1 aromatic carbocycles. The van der Waals surface area contributed by atoms with Gasteiger partial charge in [-0.3, -0.25) is 4.79 Å². The molecule has 2 rings (SSSR count). The Bertz CT molecular complexity index is 900. The molecule has 0 aliphatic carbocycles. The molecule has 0 saturated carbocycles. The highest BCUT2D eigenvalue weighted by Gasteiger charge is 2.23. The van der Waals surface area contributed by atoms with E-state index >= 15 is 0 Å². The number of fused-ring (bicyclic) bond motifs is 1. The number of thiophene rings is 1. The standard InChI is InChI=1S/C18H18FNO5S/c1-9(20)15(10(2)21)13(22)8-25-18(23)17-11(7-24-3)16-12(19)5-4-6-14(16)26-17/h4-6,20,22H,7-8H2,1-3H3/b15-13-,20-9?. The second kappa shape index (κ2) is 8.20. The fourth-order valence-corrected chi connectivity index (χ4v) is 3.69. The smallest absolute Gasteiger partial charge is 0.349 e. The average molecular weight is 379 g/mol. The molecule has 0 fully saturated rings. The second-order valence-corrected chi connectivity index (χ2v) is 6.59. The molecule has 0 unspecified atom stereocenters. The number of ketones is 1. The molecule has 2 N–H and O–H groups in total. The number of rotatable bonds is 7. The van der Waals surface area contributed by atoms with Gasteiger partial charge in [-0.2, -0.15) is 0 Å². The highest BCUT2D eigenvalue weighted by atomic mass is 32.1. The minimum Gasteiger partial charge on any atom is -0.508 e. The zero-order valence-electron chi connectivity index (χ0n) is 14.5. The van der Waals surface area contributed by atoms with Gasteiger partial charge in [0.15, 0.2) is 5.78 Å². The van der Waals surface area contributed by atoms with Crippen molar-refractivity contribution in [1.82, 2.24) is 0 Å². The Morgan fingerprint density at radius 2 is 2.00 bits per heavy atom. The van der Waals surface area contributed by atoms with Gasteiger partial charge in [0.2, 0.25) is 0 Å². The van der Waals surface area contributed by atoms with Crippen molar-refractivity contribution in [3.8, 4) is 0 Å². The predicted octanol–water partition coefficient (Wildman–Crippen LogP) is 3.78. The highest BCUT2D eigenvalue weighted by molar-refractivity contribution is 7.21. The number of aliphatic hydroxyl groups excluding tert-OH is 1. The van der Waals surface area contributed by atoms with Gasteiger partial charge in [0, 0.05) is 28.5 Å². The van der Waals surface area contributed by atoms with Crippen LogP contribution in [0.15, 0.2) is 29.5 Å². The number of nitrogens with one attached hydrogen (secondary N) is 1. The van der Waals surface area contributed by atoms with Crippen LogP contribution in [0.4, 0.5) is 4.39 Å². The van der Waals surface area contributed by atoms with Gasteiger partial charge in [0.25, 0.3) is 0 Å². The number of ether oxygens (including phenoxy) is 2. The number of allylic oxidation sites excluding steroid dienone is 1. The molecule has 26 heavy (non-hydrogen) atoms. The van der Waals surface area contributed by atoms with Crippen LogP contribution >= 0.6 is 11.3 Å². The van der Waals surface area contributed by atoms with E-state index in [0.29, 0.717) is 15.6 Å². The number of carbonyl (C=O) groups excluding carboxylic acids is 2. The maximum atomic E-state index is 14.1. The summed E-state index contributed by atoms with van der Waals surface area (Å²) in [6, 6.07) is 4.52. The van der Waals surface area contributed by atoms with Crippen LogP contribution in [0.25, 0.3) is 10.1 Å². The van der Waals surface area contributed by atoms with Gasteiger partial charge >= 0.3 is 5.97 Å². The summed E-state index contributed by atoms with van der Waals surface area (Å²) in [5.74, 6) is -2.24. The summed E-state index contributed by atoms with van der Waals surface area (Å²) in [7, 11) is 1.43. The number of esters is 1. The van der Waals surface area contributed by atoms with Gasteiger partial charge in [-0.05, 0) is 26.0 Å². The van der Waals surface area contributed by atoms with Crippen molar-refractivity contribution < 1.29 is 28.6 Å². The van der Waals surface area contributed by atoms with Crippen molar-refractivity contribution in [3.63, 3.8) is 0 Å². The first-order chi connectivity index (χ1) is 12.3. The zero-order chi connectivity index (χ0) is 19.4. The maximum absolute atomic E-state index is 14.1. The third-order valence-electron chi connectivity index (χ3n) is 3.59. The van der Waals surface area contributed by atoms with Crippen LogP contribution in [0.3, 0.4) is 0 Å². The van der Waals surface area contributed by atoms with Gasteiger partial charge in [-0.1, -0.05) is 6.07 Å². The van der Waals surface area contributed by atoms with Gasteiger partial charge < -0.3 is 20.0 Å². The molecule has 8 heteroatoms. The van der Waals surface area contributed by atoms with E-state index in [1.54, 1.807) is 12.1 Å². The third-order valence-corrected chi connectivity index (χ3v) is 4.77. The lowest BCUT2D eigenvalue weighted by Crippen LogP contribution is -2.15. The van der Waals surface area contributed by atoms with E-state index < -0.39 is 29.9 Å². The highest BCUT2D eigenvalue weighted by Crippen LogP contribution is 2.34. The monoisotopic (exact) mass is 379 g/mol. The molecular formula is C18H18FNO5S. The fourth-order valence-electron chi connectivity index (χ4n) is 2.57. The number of benzene rings is 1. The number of halogens is 1. The van der Waals surface area contributed by atoms with Gasteiger partial charge in [0.1, 0.15) is 23.1 Å². The first kappa shape index (κ1) is 19.7. The number of Topliss-reactive ketones (excluding diaryl/α,β-unsaturated/α-hetero) is 1. The predicted molar refractivity (Wildman–Crippen MR) is 96.5 cm³/mol. The van der Waals surface area contributed by atoms with Gasteiger partial charge in [-0.15, -0.1) is 11.3 Å². The Morgan fingerprint density at radius 1 is 1.31 bits per heavy atom. The van der Waals surface area contributed by atoms with E-state index in [1.165, 1.54) is 27.0 Å². The molecule has 0 aliphatic rings. The number of hydrogen-bond acceptors (Lipinski definition) is 7. The lowest BCUT2D eigenvalue weighted by molar-refractivity contribution is -0.113. The summed E-state index contributed by atoms with van der Waals surface area (Å²) < 4.78 is 24.8. The SMILES string of the molecule is COCc1c(C(=O)OC/C(O)=C(\C(C)=N)C(C)=O)sc2cccc(F)c12. The van der Waals surface area contributed by atoms with Crippen LogP contribution in [0.5, 0.6) is 0 Å². The molecule has 1 aromatic heterocycles. The normalized spacial score (nSPS) is 12.0. The molecule has 0 spiro atoms. The van der Waals surface area contributed by atoms with Crippen LogP contribution < -0.4 is 0 Å². The number of carbonyl (C=O) groups is 2. The Balaban J connectivity index is 2.34. The minimum atomic E-state index is -0.769. The van der Waals surface area contributed by atoms with Crippen molar-refractivity contribution in [2.45, 2.75) is 20.5 Å². The second-order valence-electron chi connectivity index (χ2n) is 5.53. The summed E-state index contributed by atoms with van der Waals surface area (Å²) in [5.41, 5.74) is 0.0430. The molecule has 0 atom stereocenters. The lowest BCUT2D eigenvalue weighted by atomic mass is 10.1. The summed E-state index contributed by atoms with van der Waals surface area (Å²) in [6.07, 6.45) is 0. The Labute approximate surface area is 153 Å². The first-order valence-corrected chi connectivity index (χ1v) is 8.44. The summed E-state index contributed by atoms with van der Waals surface area (Å²) in [5, 5.41) is 17.8. The van der Waals surface area contributed by atoms with Crippen molar-refractivity contribution in [2.24, 2.45) is 0 Å². The van der Waals surface area contributed by atoms with Crippen LogP contribution in [0.2, 0.25) is 0 Å². The first-order valence-electron chi connectivity index (χ1n) is 7.62. The topological polar surface area (TPSA) is 96.7 Å². The van der Waals surface area contributed by atoms with Crippen molar-refractivity contribution in [2.75, 3.05) is 13.7 Å². The van der Waals surface area contributed by atoms with Crippen molar-refractivity contribution in [1.29, 1.82) is 5.41 Å². The summed E-state index contributed by atoms with van der Waals surface area (Å²) >= 11 is 1.06. The van der Waals surface area contributed by atoms with E-state index in [4.69, 9.17) is 14.9 Å². The van der Waals surface area contributed by atoms with E-state index in [9.17, 15) is 19.1 Å². The zero-order valence-corrected chi connectivity index (χ0v) is 15.3. The summed E-state index contributed by atoms with van der Waals surface area (Å²) in [6.45, 7) is 2.01. The average Bonchev–Trinajstić information content (AvgIpc) is 2.92. The summed E-state index contributed by atoms with van der Waals surface area (Å²) in [4.78, 5) is 24.1. The molecule has 0 radical (unpaired) electrons. The quantitative estimate of drug-likeness (QED) is 0.330. The van der Waals surface area contributed by atoms with E-state index in [0.717, 1.165) is 11.3 Å². The van der Waals surface area contributed by atoms with Crippen LogP contribution in [0.1, 0.15) is 29.1 Å². The van der Waals surface area contributed by atoms with Gasteiger partial charge in [-0.25, -0.2) is 9.18 Å². The third kappa shape index (κ3) is 3.97. The Morgan fingerprint density at radius 3 is 2.58 bits per heavy atom. The van der Waals surface area contributed by atoms with Crippen LogP contribution in [0, 0.1) is 11.2 Å². The molecule has 0 aliphatic heterocycles. The minimum absolute atomic E-state index is 0.0193. The van der Waals surface area contributed by atoms with Crippen LogP contribution in [-0.2, 0) is 20.9 Å². The molecule has 1 heterocycles. The molecule has 0 saturated heterocycles. The Hall–Kier alpha value is -2.58. The van der Waals surface area contributed by atoms with Crippen LogP contribution in [-0.4, -0.2) is 36.3 Å². The molecule has 6 nitrogen and oxygen atoms in total. The Kier molecular flexibility index (Phi) is 6.23. The van der Waals surface area contributed by atoms with E-state index in [-0.39, 0.29) is 22.8 Å². The molecule has 2 aromatic rings. The van der Waals surface area contributed by atoms with E-state index in [2.05, 4.69) is 0 Å². The molecular weight excluding hydrogens is 361 g/mol. The molecule has 138 valence electrons. The fraction of sp³-hybridized carbons (Fsp3) is 0.278.